The van der Waals surface area contributed by atoms with Crippen LogP contribution in [0.1, 0.15) is 11.1 Å². The summed E-state index contributed by atoms with van der Waals surface area (Å²) in [4.78, 5) is 12.2. The maximum Gasteiger partial charge on any atom is 0.319 e. The van der Waals surface area contributed by atoms with Crippen LogP contribution < -0.4 is 15.4 Å². The second-order valence-corrected chi connectivity index (χ2v) is 6.57. The molecule has 6 heteroatoms. The highest BCUT2D eigenvalue weighted by Gasteiger charge is 2.19. The van der Waals surface area contributed by atoms with Gasteiger partial charge < -0.3 is 24.8 Å². The maximum absolute atomic E-state index is 12.2. The van der Waals surface area contributed by atoms with E-state index in [1.807, 2.05) is 42.5 Å². The summed E-state index contributed by atoms with van der Waals surface area (Å²) in [5.74, 6) is 1.22. The SMILES string of the molecule is COCCOCc1cccc(NC(=O)NC[C@@H]2COc3ccccc3C2)c1. The molecule has 6 nitrogen and oxygen atoms in total. The summed E-state index contributed by atoms with van der Waals surface area (Å²) in [6.45, 7) is 2.78. The molecule has 3 rings (SSSR count). The lowest BCUT2D eigenvalue weighted by molar-refractivity contribution is 0.0617. The molecule has 1 aliphatic heterocycles. The topological polar surface area (TPSA) is 68.8 Å². The van der Waals surface area contributed by atoms with Gasteiger partial charge in [-0.1, -0.05) is 30.3 Å². The molecule has 2 N–H and O–H groups in total. The van der Waals surface area contributed by atoms with Crippen molar-refractivity contribution in [1.82, 2.24) is 5.32 Å². The minimum atomic E-state index is -0.216. The van der Waals surface area contributed by atoms with Gasteiger partial charge in [0, 0.05) is 25.3 Å². The molecule has 1 aliphatic rings. The highest BCUT2D eigenvalue weighted by Crippen LogP contribution is 2.26. The molecule has 0 saturated carbocycles. The Hall–Kier alpha value is -2.57. The van der Waals surface area contributed by atoms with Crippen molar-refractivity contribution in [3.63, 3.8) is 0 Å². The molecule has 0 saturated heterocycles. The first-order valence-electron chi connectivity index (χ1n) is 9.16. The van der Waals surface area contributed by atoms with E-state index < -0.39 is 0 Å². The van der Waals surface area contributed by atoms with Gasteiger partial charge in [-0.25, -0.2) is 4.79 Å². The Balaban J connectivity index is 1.43. The minimum Gasteiger partial charge on any atom is -0.493 e. The number of methoxy groups -OCH3 is 1. The zero-order chi connectivity index (χ0) is 18.9. The van der Waals surface area contributed by atoms with E-state index in [0.717, 1.165) is 23.4 Å². The molecular formula is C21H26N2O4. The van der Waals surface area contributed by atoms with Crippen molar-refractivity contribution in [3.8, 4) is 5.75 Å². The molecule has 1 heterocycles. The van der Waals surface area contributed by atoms with E-state index in [2.05, 4.69) is 16.7 Å². The standard InChI is InChI=1S/C21H26N2O4/c1-25-9-10-26-14-16-5-4-7-19(12-16)23-21(24)22-13-17-11-18-6-2-3-8-20(18)27-15-17/h2-8,12,17H,9-11,13-15H2,1H3,(H2,22,23,24)/t17-/m1/s1. The van der Waals surface area contributed by atoms with Gasteiger partial charge in [-0.2, -0.15) is 0 Å². The van der Waals surface area contributed by atoms with Crippen LogP contribution in [-0.2, 0) is 22.5 Å². The first-order valence-corrected chi connectivity index (χ1v) is 9.16. The van der Waals surface area contributed by atoms with E-state index in [9.17, 15) is 4.79 Å². The molecule has 2 amide bonds. The largest absolute Gasteiger partial charge is 0.493 e. The van der Waals surface area contributed by atoms with Crippen LogP contribution in [0.15, 0.2) is 48.5 Å². The number of ether oxygens (including phenoxy) is 3. The van der Waals surface area contributed by atoms with E-state index in [1.54, 1.807) is 7.11 Å². The van der Waals surface area contributed by atoms with Crippen LogP contribution in [0.25, 0.3) is 0 Å². The molecule has 2 aromatic rings. The van der Waals surface area contributed by atoms with E-state index in [0.29, 0.717) is 33.0 Å². The monoisotopic (exact) mass is 370 g/mol. The lowest BCUT2D eigenvalue weighted by Gasteiger charge is -2.25. The number of urea groups is 1. The van der Waals surface area contributed by atoms with Crippen LogP contribution in [-0.4, -0.2) is 39.5 Å². The van der Waals surface area contributed by atoms with Crippen molar-refractivity contribution in [2.45, 2.75) is 13.0 Å². The molecule has 27 heavy (non-hydrogen) atoms. The zero-order valence-corrected chi connectivity index (χ0v) is 15.6. The second-order valence-electron chi connectivity index (χ2n) is 6.57. The Kier molecular flexibility index (Phi) is 7.07. The molecule has 0 aliphatic carbocycles. The lowest BCUT2D eigenvalue weighted by atomic mass is 9.97. The molecule has 0 unspecified atom stereocenters. The molecule has 1 atom stereocenters. The molecule has 0 aromatic heterocycles. The van der Waals surface area contributed by atoms with Gasteiger partial charge >= 0.3 is 6.03 Å². The number of carbonyl (C=O) groups excluding carboxylic acids is 1. The molecule has 144 valence electrons. The molecule has 0 fully saturated rings. The molecular weight excluding hydrogens is 344 g/mol. The second kappa shape index (κ2) is 9.94. The van der Waals surface area contributed by atoms with E-state index >= 15 is 0 Å². The minimum absolute atomic E-state index is 0.216. The Morgan fingerprint density at radius 2 is 2.07 bits per heavy atom. The van der Waals surface area contributed by atoms with Crippen molar-refractivity contribution < 1.29 is 19.0 Å². The number of fused-ring (bicyclic) bond motifs is 1. The Morgan fingerprint density at radius 1 is 1.19 bits per heavy atom. The lowest BCUT2D eigenvalue weighted by Crippen LogP contribution is -2.37. The van der Waals surface area contributed by atoms with Crippen LogP contribution in [0.2, 0.25) is 0 Å². The average Bonchev–Trinajstić information content (AvgIpc) is 2.70. The van der Waals surface area contributed by atoms with Gasteiger partial charge in [0.2, 0.25) is 0 Å². The first-order chi connectivity index (χ1) is 13.2. The van der Waals surface area contributed by atoms with Crippen LogP contribution in [0, 0.1) is 5.92 Å². The number of nitrogens with one attached hydrogen (secondary N) is 2. The summed E-state index contributed by atoms with van der Waals surface area (Å²) < 4.78 is 16.2. The van der Waals surface area contributed by atoms with Gasteiger partial charge in [0.05, 0.1) is 26.4 Å². The van der Waals surface area contributed by atoms with E-state index in [4.69, 9.17) is 14.2 Å². The van der Waals surface area contributed by atoms with E-state index in [-0.39, 0.29) is 11.9 Å². The third-order valence-electron chi connectivity index (χ3n) is 4.39. The van der Waals surface area contributed by atoms with Crippen molar-refractivity contribution in [2.75, 3.05) is 38.8 Å². The fourth-order valence-corrected chi connectivity index (χ4v) is 3.01. The number of para-hydroxylation sites is 1. The molecule has 0 spiro atoms. The van der Waals surface area contributed by atoms with Gasteiger partial charge in [-0.15, -0.1) is 0 Å². The third kappa shape index (κ3) is 5.98. The summed E-state index contributed by atoms with van der Waals surface area (Å²) >= 11 is 0. The maximum atomic E-state index is 12.2. The van der Waals surface area contributed by atoms with Crippen LogP contribution in [0.5, 0.6) is 5.75 Å². The average molecular weight is 370 g/mol. The number of amides is 2. The Morgan fingerprint density at radius 3 is 2.96 bits per heavy atom. The smallest absolute Gasteiger partial charge is 0.319 e. The number of hydrogen-bond acceptors (Lipinski definition) is 4. The van der Waals surface area contributed by atoms with E-state index in [1.165, 1.54) is 5.56 Å². The van der Waals surface area contributed by atoms with Gasteiger partial charge in [0.25, 0.3) is 0 Å². The quantitative estimate of drug-likeness (QED) is 0.700. The Labute approximate surface area is 159 Å². The number of rotatable bonds is 8. The fraction of sp³-hybridized carbons (Fsp3) is 0.381. The zero-order valence-electron chi connectivity index (χ0n) is 15.6. The number of anilines is 1. The van der Waals surface area contributed by atoms with Gasteiger partial charge in [0.15, 0.2) is 0 Å². The highest BCUT2D eigenvalue weighted by atomic mass is 16.5. The van der Waals surface area contributed by atoms with Crippen LogP contribution in [0.3, 0.4) is 0 Å². The third-order valence-corrected chi connectivity index (χ3v) is 4.39. The summed E-state index contributed by atoms with van der Waals surface area (Å²) in [7, 11) is 1.64. The Bertz CT molecular complexity index is 750. The van der Waals surface area contributed by atoms with Crippen molar-refractivity contribution in [2.24, 2.45) is 5.92 Å². The molecule has 2 aromatic carbocycles. The first kappa shape index (κ1) is 19.2. The van der Waals surface area contributed by atoms with Gasteiger partial charge in [-0.05, 0) is 35.7 Å². The van der Waals surface area contributed by atoms with Crippen LogP contribution in [0.4, 0.5) is 10.5 Å². The van der Waals surface area contributed by atoms with Crippen molar-refractivity contribution in [1.29, 1.82) is 0 Å². The number of hydrogen-bond donors (Lipinski definition) is 2. The predicted molar refractivity (Wildman–Crippen MR) is 104 cm³/mol. The van der Waals surface area contributed by atoms with Crippen LogP contribution >= 0.6 is 0 Å². The fourth-order valence-electron chi connectivity index (χ4n) is 3.01. The predicted octanol–water partition coefficient (Wildman–Crippen LogP) is 3.22. The summed E-state index contributed by atoms with van der Waals surface area (Å²) in [6.07, 6.45) is 0.907. The normalized spacial score (nSPS) is 15.5. The number of carbonyl (C=O) groups is 1. The van der Waals surface area contributed by atoms with Crippen molar-refractivity contribution in [3.05, 3.63) is 59.7 Å². The van der Waals surface area contributed by atoms with Crippen molar-refractivity contribution >= 4 is 11.7 Å². The summed E-state index contributed by atoms with van der Waals surface area (Å²) in [6, 6.07) is 15.5. The summed E-state index contributed by atoms with van der Waals surface area (Å²) in [5, 5.41) is 5.80. The highest BCUT2D eigenvalue weighted by molar-refractivity contribution is 5.89. The van der Waals surface area contributed by atoms with Gasteiger partial charge in [-0.3, -0.25) is 0 Å². The summed E-state index contributed by atoms with van der Waals surface area (Å²) in [5.41, 5.74) is 2.93. The van der Waals surface area contributed by atoms with Gasteiger partial charge in [0.1, 0.15) is 5.75 Å². The molecule has 0 radical (unpaired) electrons. The number of benzene rings is 2. The molecule has 0 bridgehead atoms.